The summed E-state index contributed by atoms with van der Waals surface area (Å²) in [5, 5.41) is 1.06. The molecule has 1 aromatic heterocycles. The summed E-state index contributed by atoms with van der Waals surface area (Å²) in [5.41, 5.74) is 3.51. The summed E-state index contributed by atoms with van der Waals surface area (Å²) in [4.78, 5) is 12.6. The topological polar surface area (TPSA) is 31.2 Å². The zero-order chi connectivity index (χ0) is 13.9. The molecule has 1 aliphatic rings. The minimum absolute atomic E-state index is 0.0192. The molecule has 0 fully saturated rings. The van der Waals surface area contributed by atoms with Crippen LogP contribution in [0.15, 0.2) is 46.9 Å². The van der Waals surface area contributed by atoms with Crippen LogP contribution in [0.4, 0.5) is 0 Å². The molecule has 0 atom stereocenters. The second kappa shape index (κ2) is 3.96. The highest BCUT2D eigenvalue weighted by atomic mass is 79.9. The van der Waals surface area contributed by atoms with E-state index in [9.17, 15) is 4.79 Å². The van der Waals surface area contributed by atoms with Gasteiger partial charge in [0.2, 0.25) is 0 Å². The average Bonchev–Trinajstić information content (AvgIpc) is 2.95. The fraction of sp³-hybridized carbons (Fsp3) is 0.0625. The monoisotopic (exact) mass is 327 g/mol. The third kappa shape index (κ3) is 1.42. The van der Waals surface area contributed by atoms with Crippen molar-refractivity contribution in [3.63, 3.8) is 0 Å². The van der Waals surface area contributed by atoms with Crippen molar-refractivity contribution in [2.24, 2.45) is 0 Å². The number of hydrogen-bond donors (Lipinski definition) is 0. The van der Waals surface area contributed by atoms with E-state index < -0.39 is 0 Å². The van der Waals surface area contributed by atoms with Crippen LogP contribution in [0, 0.1) is 0 Å². The second-order valence-electron chi connectivity index (χ2n) is 4.78. The Hall–Kier alpha value is -2.07. The molecule has 0 amide bonds. The Labute approximate surface area is 123 Å². The number of hydrogen-bond acceptors (Lipinski definition) is 2. The van der Waals surface area contributed by atoms with Crippen molar-refractivity contribution in [1.82, 2.24) is 4.57 Å². The first-order chi connectivity index (χ1) is 9.69. The Kier molecular flexibility index (Phi) is 2.32. The Balaban J connectivity index is 2.08. The van der Waals surface area contributed by atoms with Crippen LogP contribution in [0.2, 0.25) is 0 Å². The molecule has 0 spiro atoms. The Bertz CT molecular complexity index is 880. The van der Waals surface area contributed by atoms with Gasteiger partial charge in [0.15, 0.2) is 0 Å². The lowest BCUT2D eigenvalue weighted by molar-refractivity contribution is 0.0973. The maximum Gasteiger partial charge on any atom is 0.263 e. The van der Waals surface area contributed by atoms with Crippen molar-refractivity contribution in [2.45, 2.75) is 0 Å². The minimum atomic E-state index is 0.0192. The lowest BCUT2D eigenvalue weighted by Gasteiger charge is -2.02. The standard InChI is InChI=1S/C16H10BrNO2/c1-20-11-4-5-12-13(8-11)15-6-9-2-3-10(17)7-14(9)18(15)16(12)19/h2-8H,1H3. The van der Waals surface area contributed by atoms with Crippen molar-refractivity contribution in [3.8, 4) is 17.0 Å². The first kappa shape index (κ1) is 11.7. The Morgan fingerprint density at radius 1 is 1.05 bits per heavy atom. The molecule has 98 valence electrons. The molecule has 2 aromatic carbocycles. The number of aromatic nitrogens is 1. The lowest BCUT2D eigenvalue weighted by atomic mass is 10.1. The predicted octanol–water partition coefficient (Wildman–Crippen LogP) is 4.08. The summed E-state index contributed by atoms with van der Waals surface area (Å²) in [6, 6.07) is 13.6. The van der Waals surface area contributed by atoms with E-state index in [1.807, 2.05) is 42.5 Å². The van der Waals surface area contributed by atoms with Crippen LogP contribution < -0.4 is 4.74 Å². The molecular formula is C16H10BrNO2. The van der Waals surface area contributed by atoms with Crippen LogP contribution in [-0.2, 0) is 0 Å². The largest absolute Gasteiger partial charge is 0.497 e. The van der Waals surface area contributed by atoms with E-state index in [1.165, 1.54) is 0 Å². The van der Waals surface area contributed by atoms with Crippen molar-refractivity contribution >= 4 is 32.7 Å². The van der Waals surface area contributed by atoms with E-state index in [0.717, 1.165) is 37.9 Å². The maximum atomic E-state index is 12.6. The van der Waals surface area contributed by atoms with Crippen LogP contribution in [0.3, 0.4) is 0 Å². The van der Waals surface area contributed by atoms with E-state index in [4.69, 9.17) is 4.74 Å². The molecule has 0 saturated carbocycles. The van der Waals surface area contributed by atoms with Gasteiger partial charge < -0.3 is 4.74 Å². The Morgan fingerprint density at radius 3 is 2.70 bits per heavy atom. The van der Waals surface area contributed by atoms with Gasteiger partial charge in [0.25, 0.3) is 5.91 Å². The van der Waals surface area contributed by atoms with E-state index in [0.29, 0.717) is 0 Å². The first-order valence-electron chi connectivity index (χ1n) is 6.23. The van der Waals surface area contributed by atoms with E-state index in [2.05, 4.69) is 15.9 Å². The van der Waals surface area contributed by atoms with Crippen LogP contribution in [0.25, 0.3) is 22.2 Å². The molecule has 4 heteroatoms. The number of carbonyl (C=O) groups excluding carboxylic acids is 1. The van der Waals surface area contributed by atoms with Gasteiger partial charge in [-0.2, -0.15) is 0 Å². The molecule has 0 unspecified atom stereocenters. The minimum Gasteiger partial charge on any atom is -0.497 e. The zero-order valence-electron chi connectivity index (χ0n) is 10.7. The number of carbonyl (C=O) groups is 1. The molecule has 0 radical (unpaired) electrons. The summed E-state index contributed by atoms with van der Waals surface area (Å²) in [5.74, 6) is 0.780. The molecule has 0 bridgehead atoms. The average molecular weight is 328 g/mol. The van der Waals surface area contributed by atoms with Gasteiger partial charge in [-0.15, -0.1) is 0 Å². The smallest absolute Gasteiger partial charge is 0.263 e. The fourth-order valence-electron chi connectivity index (χ4n) is 2.76. The van der Waals surface area contributed by atoms with E-state index in [1.54, 1.807) is 11.7 Å². The van der Waals surface area contributed by atoms with Crippen molar-refractivity contribution in [3.05, 3.63) is 52.5 Å². The van der Waals surface area contributed by atoms with Gasteiger partial charge in [0.05, 0.1) is 18.3 Å². The molecule has 0 N–H and O–H groups in total. The highest BCUT2D eigenvalue weighted by Gasteiger charge is 2.28. The quantitative estimate of drug-likeness (QED) is 0.527. The third-order valence-electron chi connectivity index (χ3n) is 3.70. The van der Waals surface area contributed by atoms with Crippen LogP contribution >= 0.6 is 15.9 Å². The molecule has 0 aliphatic carbocycles. The molecular weight excluding hydrogens is 318 g/mol. The van der Waals surface area contributed by atoms with Gasteiger partial charge >= 0.3 is 0 Å². The number of benzene rings is 2. The number of nitrogens with zero attached hydrogens (tertiary/aromatic N) is 1. The van der Waals surface area contributed by atoms with Gasteiger partial charge in [-0.1, -0.05) is 22.0 Å². The van der Waals surface area contributed by atoms with Crippen LogP contribution in [0.5, 0.6) is 5.75 Å². The van der Waals surface area contributed by atoms with Gasteiger partial charge in [-0.3, -0.25) is 9.36 Å². The molecule has 0 saturated heterocycles. The van der Waals surface area contributed by atoms with Gasteiger partial charge in [-0.05, 0) is 36.4 Å². The maximum absolute atomic E-state index is 12.6. The molecule has 4 rings (SSSR count). The van der Waals surface area contributed by atoms with E-state index in [-0.39, 0.29) is 5.91 Å². The third-order valence-corrected chi connectivity index (χ3v) is 4.20. The molecule has 2 heterocycles. The number of rotatable bonds is 1. The number of fused-ring (bicyclic) bond motifs is 5. The lowest BCUT2D eigenvalue weighted by Crippen LogP contribution is -2.05. The first-order valence-corrected chi connectivity index (χ1v) is 7.02. The Morgan fingerprint density at radius 2 is 1.90 bits per heavy atom. The highest BCUT2D eigenvalue weighted by Crippen LogP contribution is 2.39. The second-order valence-corrected chi connectivity index (χ2v) is 5.70. The fourth-order valence-corrected chi connectivity index (χ4v) is 3.11. The summed E-state index contributed by atoms with van der Waals surface area (Å²) >= 11 is 3.46. The van der Waals surface area contributed by atoms with Crippen molar-refractivity contribution in [2.75, 3.05) is 7.11 Å². The number of halogens is 1. The highest BCUT2D eigenvalue weighted by molar-refractivity contribution is 9.10. The summed E-state index contributed by atoms with van der Waals surface area (Å²) in [7, 11) is 1.63. The predicted molar refractivity (Wildman–Crippen MR) is 81.4 cm³/mol. The van der Waals surface area contributed by atoms with Crippen molar-refractivity contribution in [1.29, 1.82) is 0 Å². The number of methoxy groups -OCH3 is 1. The van der Waals surface area contributed by atoms with Gasteiger partial charge in [0.1, 0.15) is 5.75 Å². The molecule has 3 nitrogen and oxygen atoms in total. The zero-order valence-corrected chi connectivity index (χ0v) is 12.3. The molecule has 20 heavy (non-hydrogen) atoms. The number of ether oxygens (including phenoxy) is 1. The molecule has 1 aliphatic heterocycles. The summed E-state index contributed by atoms with van der Waals surface area (Å²) in [6.45, 7) is 0. The summed E-state index contributed by atoms with van der Waals surface area (Å²) < 4.78 is 7.99. The molecule has 3 aromatic rings. The van der Waals surface area contributed by atoms with Crippen molar-refractivity contribution < 1.29 is 9.53 Å². The van der Waals surface area contributed by atoms with Gasteiger partial charge in [0, 0.05) is 21.0 Å². The SMILES string of the molecule is COc1ccc2c(c1)-c1cc3ccc(Br)cc3n1C2=O. The van der Waals surface area contributed by atoms with Crippen LogP contribution in [0.1, 0.15) is 10.4 Å². The van der Waals surface area contributed by atoms with Gasteiger partial charge in [-0.25, -0.2) is 0 Å². The summed E-state index contributed by atoms with van der Waals surface area (Å²) in [6.07, 6.45) is 0. The normalized spacial score (nSPS) is 12.6. The van der Waals surface area contributed by atoms with E-state index >= 15 is 0 Å². The van der Waals surface area contributed by atoms with Crippen LogP contribution in [-0.4, -0.2) is 17.6 Å².